The van der Waals surface area contributed by atoms with Gasteiger partial charge in [-0.05, 0) is 40.8 Å². The third kappa shape index (κ3) is 2.90. The maximum Gasteiger partial charge on any atom is 0.283 e. The smallest absolute Gasteiger partial charge is 0.266 e. The van der Waals surface area contributed by atoms with Gasteiger partial charge in [0.05, 0.1) is 6.20 Å². The van der Waals surface area contributed by atoms with Crippen LogP contribution in [0.4, 0.5) is 0 Å². The molecule has 0 unspecified atom stereocenters. The van der Waals surface area contributed by atoms with Gasteiger partial charge in [-0.3, -0.25) is 9.48 Å². The summed E-state index contributed by atoms with van der Waals surface area (Å²) in [5, 5.41) is 5.71. The number of nitrogens with one attached hydrogen (secondary N) is 1. The highest BCUT2D eigenvalue weighted by molar-refractivity contribution is 9.10. The zero-order valence-electron chi connectivity index (χ0n) is 11.0. The number of hydrogen-bond acceptors (Lipinski definition) is 5. The summed E-state index contributed by atoms with van der Waals surface area (Å²) in [5.41, 5.74) is 1.13. The van der Waals surface area contributed by atoms with Crippen LogP contribution in [0.25, 0.3) is 0 Å². The molecule has 1 aliphatic rings. The Morgan fingerprint density at radius 3 is 2.81 bits per heavy atom. The van der Waals surface area contributed by atoms with Gasteiger partial charge in [0.2, 0.25) is 0 Å². The predicted octanol–water partition coefficient (Wildman–Crippen LogP) is 2.24. The van der Waals surface area contributed by atoms with E-state index in [1.807, 2.05) is 0 Å². The molecule has 0 radical (unpaired) electrons. The van der Waals surface area contributed by atoms with Crippen LogP contribution in [0.1, 0.15) is 34.8 Å². The molecular weight excluding hydrogens is 378 g/mol. The number of rotatable bonds is 4. The molecule has 1 fully saturated rings. The van der Waals surface area contributed by atoms with E-state index >= 15 is 0 Å². The Bertz CT molecular complexity index is 806. The van der Waals surface area contributed by atoms with Gasteiger partial charge in [-0.15, -0.1) is 11.3 Å². The molecule has 0 aliphatic heterocycles. The normalized spacial score (nSPS) is 15.1. The first kappa shape index (κ1) is 14.7. The third-order valence-electron chi connectivity index (χ3n) is 3.23. The fourth-order valence-corrected chi connectivity index (χ4v) is 4.89. The number of aryl methyl sites for hydroxylation is 1. The number of carbonyl (C=O) groups is 1. The average Bonchev–Trinajstić information content (AvgIpc) is 3.02. The fraction of sp³-hybridized carbons (Fsp3) is 0.333. The molecule has 1 amide bonds. The largest absolute Gasteiger partial charge is 0.283 e. The minimum absolute atomic E-state index is 0.0952. The van der Waals surface area contributed by atoms with Gasteiger partial charge >= 0.3 is 0 Å². The topological polar surface area (TPSA) is 81.1 Å². The summed E-state index contributed by atoms with van der Waals surface area (Å²) in [4.78, 5) is 12.3. The summed E-state index contributed by atoms with van der Waals surface area (Å²) >= 11 is 4.25. The van der Waals surface area contributed by atoms with Crippen molar-refractivity contribution >= 4 is 43.2 Å². The van der Waals surface area contributed by atoms with Crippen molar-refractivity contribution < 1.29 is 13.2 Å². The maximum absolute atomic E-state index is 12.3. The zero-order valence-corrected chi connectivity index (χ0v) is 14.3. The second kappa shape index (κ2) is 5.22. The second-order valence-corrected chi connectivity index (χ2v) is 8.60. The third-order valence-corrected chi connectivity index (χ3v) is 6.77. The highest BCUT2D eigenvalue weighted by Crippen LogP contribution is 2.41. The molecular formula is C12H12BrN3O3S2. The van der Waals surface area contributed by atoms with Crippen LogP contribution in [0.2, 0.25) is 0 Å². The van der Waals surface area contributed by atoms with E-state index in [0.717, 1.165) is 29.7 Å². The summed E-state index contributed by atoms with van der Waals surface area (Å²) in [6.45, 7) is 0. The van der Waals surface area contributed by atoms with Gasteiger partial charge in [0, 0.05) is 22.5 Å². The number of aromatic nitrogens is 2. The molecule has 9 heteroatoms. The number of halogens is 1. The molecule has 3 rings (SSSR count). The van der Waals surface area contributed by atoms with Gasteiger partial charge in [0.1, 0.15) is 9.90 Å². The zero-order chi connectivity index (χ0) is 15.2. The van der Waals surface area contributed by atoms with Crippen molar-refractivity contribution in [3.05, 3.63) is 33.4 Å². The highest BCUT2D eigenvalue weighted by Gasteiger charge is 2.32. The van der Waals surface area contributed by atoms with Gasteiger partial charge in [-0.1, -0.05) is 0 Å². The molecule has 0 atom stereocenters. The van der Waals surface area contributed by atoms with Crippen LogP contribution in [0.5, 0.6) is 0 Å². The Hall–Kier alpha value is -1.19. The first-order valence-corrected chi connectivity index (χ1v) is 9.37. The molecule has 6 nitrogen and oxygen atoms in total. The van der Waals surface area contributed by atoms with Crippen molar-refractivity contribution in [3.63, 3.8) is 0 Å². The summed E-state index contributed by atoms with van der Waals surface area (Å²) in [6, 6.07) is 1.46. The average molecular weight is 390 g/mol. The minimum Gasteiger partial charge on any atom is -0.266 e. The Labute approximate surface area is 134 Å². The first-order valence-electron chi connectivity index (χ1n) is 6.21. The first-order chi connectivity index (χ1) is 9.88. The number of amides is 1. The molecule has 2 aromatic rings. The molecule has 1 N–H and O–H groups in total. The van der Waals surface area contributed by atoms with Crippen molar-refractivity contribution in [1.29, 1.82) is 0 Å². The van der Waals surface area contributed by atoms with Crippen LogP contribution in [0.15, 0.2) is 26.3 Å². The number of carbonyl (C=O) groups excluding carboxylic acids is 1. The van der Waals surface area contributed by atoms with E-state index in [1.54, 1.807) is 18.6 Å². The summed E-state index contributed by atoms with van der Waals surface area (Å²) in [6.07, 6.45) is 3.66. The number of sulfonamides is 1. The van der Waals surface area contributed by atoms with E-state index in [1.165, 1.54) is 10.7 Å². The van der Waals surface area contributed by atoms with E-state index in [0.29, 0.717) is 16.1 Å². The molecule has 2 heterocycles. The molecule has 2 aromatic heterocycles. The van der Waals surface area contributed by atoms with Gasteiger partial charge in [0.25, 0.3) is 15.9 Å². The van der Waals surface area contributed by atoms with Crippen LogP contribution in [0.3, 0.4) is 0 Å². The van der Waals surface area contributed by atoms with Gasteiger partial charge in [-0.2, -0.15) is 5.10 Å². The maximum atomic E-state index is 12.3. The van der Waals surface area contributed by atoms with E-state index in [9.17, 15) is 13.2 Å². The lowest BCUT2D eigenvalue weighted by Gasteiger charge is -2.07. The van der Waals surface area contributed by atoms with E-state index in [4.69, 9.17) is 0 Å². The van der Waals surface area contributed by atoms with Crippen LogP contribution in [0, 0.1) is 0 Å². The quantitative estimate of drug-likeness (QED) is 0.868. The van der Waals surface area contributed by atoms with Crippen molar-refractivity contribution in [2.45, 2.75) is 23.0 Å². The number of hydrogen-bond donors (Lipinski definition) is 1. The molecule has 21 heavy (non-hydrogen) atoms. The SMILES string of the molecule is Cn1ncc(C2CC2)c1C(=O)NS(=O)(=O)c1cc(Br)cs1. The summed E-state index contributed by atoms with van der Waals surface area (Å²) in [5.74, 6) is -0.320. The van der Waals surface area contributed by atoms with Gasteiger partial charge in [0.15, 0.2) is 0 Å². The number of thiophene rings is 1. The molecule has 0 spiro atoms. The second-order valence-electron chi connectivity index (χ2n) is 4.86. The van der Waals surface area contributed by atoms with Gasteiger partial charge < -0.3 is 0 Å². The van der Waals surface area contributed by atoms with Crippen LogP contribution in [-0.4, -0.2) is 24.1 Å². The molecule has 112 valence electrons. The fourth-order valence-electron chi connectivity index (χ4n) is 2.08. The summed E-state index contributed by atoms with van der Waals surface area (Å²) < 4.78 is 28.7. The van der Waals surface area contributed by atoms with Crippen molar-refractivity contribution in [2.24, 2.45) is 7.05 Å². The Morgan fingerprint density at radius 2 is 2.24 bits per heavy atom. The van der Waals surface area contributed by atoms with Crippen LogP contribution >= 0.6 is 27.3 Å². The van der Waals surface area contributed by atoms with E-state index < -0.39 is 15.9 Å². The van der Waals surface area contributed by atoms with E-state index in [2.05, 4.69) is 25.8 Å². The predicted molar refractivity (Wildman–Crippen MR) is 81.9 cm³/mol. The lowest BCUT2D eigenvalue weighted by atomic mass is 10.1. The van der Waals surface area contributed by atoms with E-state index in [-0.39, 0.29) is 4.21 Å². The molecule has 1 saturated carbocycles. The van der Waals surface area contributed by atoms with Crippen molar-refractivity contribution in [3.8, 4) is 0 Å². The Balaban J connectivity index is 1.88. The lowest BCUT2D eigenvalue weighted by Crippen LogP contribution is -2.32. The Kier molecular flexibility index (Phi) is 3.66. The monoisotopic (exact) mass is 389 g/mol. The standard InChI is InChI=1S/C12H12BrN3O3S2/c1-16-11(9(5-14-16)7-2-3-7)12(17)15-21(18,19)10-4-8(13)6-20-10/h4-7H,2-3H2,1H3,(H,15,17). The summed E-state index contributed by atoms with van der Waals surface area (Å²) in [7, 11) is -2.22. The molecule has 0 aromatic carbocycles. The minimum atomic E-state index is -3.86. The van der Waals surface area contributed by atoms with Crippen molar-refractivity contribution in [1.82, 2.24) is 14.5 Å². The van der Waals surface area contributed by atoms with Crippen LogP contribution < -0.4 is 4.72 Å². The van der Waals surface area contributed by atoms with Crippen molar-refractivity contribution in [2.75, 3.05) is 0 Å². The highest BCUT2D eigenvalue weighted by atomic mass is 79.9. The lowest BCUT2D eigenvalue weighted by molar-refractivity contribution is 0.0971. The Morgan fingerprint density at radius 1 is 1.52 bits per heavy atom. The molecule has 0 bridgehead atoms. The van der Waals surface area contributed by atoms with Gasteiger partial charge in [-0.25, -0.2) is 13.1 Å². The molecule has 0 saturated heterocycles. The number of nitrogens with zero attached hydrogens (tertiary/aromatic N) is 2. The van der Waals surface area contributed by atoms with Crippen LogP contribution in [-0.2, 0) is 17.1 Å². The molecule has 1 aliphatic carbocycles.